The first-order chi connectivity index (χ1) is 15.3. The summed E-state index contributed by atoms with van der Waals surface area (Å²) in [6.07, 6.45) is 1.97. The van der Waals surface area contributed by atoms with Crippen LogP contribution in [0.4, 0.5) is 0 Å². The zero-order chi connectivity index (χ0) is 22.9. The van der Waals surface area contributed by atoms with Crippen LogP contribution in [0, 0.1) is 24.2 Å². The zero-order valence-electron chi connectivity index (χ0n) is 18.4. The van der Waals surface area contributed by atoms with Crippen LogP contribution in [-0.4, -0.2) is 5.97 Å². The van der Waals surface area contributed by atoms with Gasteiger partial charge in [0.15, 0.2) is 0 Å². The van der Waals surface area contributed by atoms with Gasteiger partial charge in [-0.05, 0) is 58.2 Å². The van der Waals surface area contributed by atoms with Crippen molar-refractivity contribution in [3.8, 4) is 11.1 Å². The molecule has 3 aromatic rings. The lowest BCUT2D eigenvalue weighted by atomic mass is 9.97. The molecule has 1 fully saturated rings. The molecular formula is C28H26Cl2O2. The first-order valence-electron chi connectivity index (χ1n) is 10.7. The molecule has 2 nitrogen and oxygen atoms in total. The minimum atomic E-state index is -0.207. The van der Waals surface area contributed by atoms with Gasteiger partial charge >= 0.3 is 5.97 Å². The SMILES string of the molecule is Cc1c(COC(=O)C2C(C=C(Cl)c3ccc(Cl)cc3)C2(C)C)cccc1-c1ccccc1. The highest BCUT2D eigenvalue weighted by molar-refractivity contribution is 6.48. The molecule has 0 spiro atoms. The number of hydrogen-bond acceptors (Lipinski definition) is 2. The van der Waals surface area contributed by atoms with Crippen LogP contribution in [0.3, 0.4) is 0 Å². The summed E-state index contributed by atoms with van der Waals surface area (Å²) < 4.78 is 5.76. The Morgan fingerprint density at radius 3 is 2.38 bits per heavy atom. The molecule has 3 aromatic carbocycles. The molecule has 1 aliphatic carbocycles. The molecule has 0 N–H and O–H groups in total. The summed E-state index contributed by atoms with van der Waals surface area (Å²) >= 11 is 12.5. The van der Waals surface area contributed by atoms with Gasteiger partial charge in [-0.25, -0.2) is 0 Å². The second-order valence-electron chi connectivity index (χ2n) is 8.91. The van der Waals surface area contributed by atoms with Gasteiger partial charge in [0.05, 0.1) is 5.92 Å². The largest absolute Gasteiger partial charge is 0.461 e. The minimum absolute atomic E-state index is 0.0370. The summed E-state index contributed by atoms with van der Waals surface area (Å²) in [5, 5.41) is 1.29. The smallest absolute Gasteiger partial charge is 0.310 e. The third kappa shape index (κ3) is 4.62. The predicted molar refractivity (Wildman–Crippen MR) is 132 cm³/mol. The second-order valence-corrected chi connectivity index (χ2v) is 9.75. The molecule has 0 amide bonds. The normalized spacial score (nSPS) is 19.5. The molecular weight excluding hydrogens is 439 g/mol. The van der Waals surface area contributed by atoms with Crippen LogP contribution in [0.15, 0.2) is 78.9 Å². The van der Waals surface area contributed by atoms with Crippen molar-refractivity contribution in [2.45, 2.75) is 27.4 Å². The molecule has 0 aliphatic heterocycles. The average Bonchev–Trinajstić information content (AvgIpc) is 3.33. The first-order valence-corrected chi connectivity index (χ1v) is 11.5. The van der Waals surface area contributed by atoms with Gasteiger partial charge in [0.2, 0.25) is 0 Å². The van der Waals surface area contributed by atoms with Gasteiger partial charge in [-0.3, -0.25) is 4.79 Å². The van der Waals surface area contributed by atoms with Gasteiger partial charge in [0.25, 0.3) is 0 Å². The summed E-state index contributed by atoms with van der Waals surface area (Å²) in [6, 6.07) is 23.7. The van der Waals surface area contributed by atoms with E-state index in [0.29, 0.717) is 10.1 Å². The van der Waals surface area contributed by atoms with Crippen molar-refractivity contribution in [2.75, 3.05) is 0 Å². The zero-order valence-corrected chi connectivity index (χ0v) is 20.0. The van der Waals surface area contributed by atoms with Crippen molar-refractivity contribution >= 4 is 34.2 Å². The van der Waals surface area contributed by atoms with Crippen molar-refractivity contribution in [1.29, 1.82) is 0 Å². The molecule has 0 radical (unpaired) electrons. The van der Waals surface area contributed by atoms with Crippen molar-refractivity contribution < 1.29 is 9.53 Å². The molecule has 164 valence electrons. The molecule has 1 saturated carbocycles. The number of esters is 1. The van der Waals surface area contributed by atoms with Crippen LogP contribution in [-0.2, 0) is 16.1 Å². The van der Waals surface area contributed by atoms with E-state index in [2.05, 4.69) is 39.0 Å². The molecule has 4 heteroatoms. The van der Waals surface area contributed by atoms with E-state index >= 15 is 0 Å². The summed E-state index contributed by atoms with van der Waals surface area (Å²) in [5.41, 5.74) is 5.15. The summed E-state index contributed by atoms with van der Waals surface area (Å²) in [6.45, 7) is 6.49. The van der Waals surface area contributed by atoms with Gasteiger partial charge in [-0.1, -0.05) is 104 Å². The van der Waals surface area contributed by atoms with E-state index in [0.717, 1.165) is 27.8 Å². The molecule has 0 saturated heterocycles. The average molecular weight is 465 g/mol. The van der Waals surface area contributed by atoms with Gasteiger partial charge in [0.1, 0.15) is 6.61 Å². The first kappa shape index (κ1) is 22.6. The number of hydrogen-bond donors (Lipinski definition) is 0. The van der Waals surface area contributed by atoms with E-state index in [1.807, 2.05) is 60.7 Å². The van der Waals surface area contributed by atoms with Gasteiger partial charge in [-0.15, -0.1) is 0 Å². The number of carbonyl (C=O) groups excluding carboxylic acids is 1. The quantitative estimate of drug-likeness (QED) is 0.346. The van der Waals surface area contributed by atoms with Crippen molar-refractivity contribution in [2.24, 2.45) is 17.3 Å². The number of benzene rings is 3. The maximum absolute atomic E-state index is 12.9. The molecule has 32 heavy (non-hydrogen) atoms. The third-order valence-corrected chi connectivity index (χ3v) is 7.11. The highest BCUT2D eigenvalue weighted by atomic mass is 35.5. The Labute approximate surface area is 199 Å². The lowest BCUT2D eigenvalue weighted by Crippen LogP contribution is -2.11. The van der Waals surface area contributed by atoms with Crippen LogP contribution in [0.5, 0.6) is 0 Å². The number of ether oxygens (including phenoxy) is 1. The maximum Gasteiger partial charge on any atom is 0.310 e. The Morgan fingerprint density at radius 2 is 1.69 bits per heavy atom. The topological polar surface area (TPSA) is 26.3 Å². The molecule has 0 bridgehead atoms. The van der Waals surface area contributed by atoms with Crippen LogP contribution in [0.1, 0.15) is 30.5 Å². The summed E-state index contributed by atoms with van der Waals surface area (Å²) in [4.78, 5) is 12.9. The number of carbonyl (C=O) groups is 1. The highest BCUT2D eigenvalue weighted by Gasteiger charge is 2.61. The fourth-order valence-electron chi connectivity index (χ4n) is 4.31. The molecule has 4 rings (SSSR count). The Balaban J connectivity index is 1.45. The Morgan fingerprint density at radius 1 is 1.00 bits per heavy atom. The Bertz CT molecular complexity index is 1150. The van der Waals surface area contributed by atoms with Crippen molar-refractivity contribution in [3.05, 3.63) is 101 Å². The van der Waals surface area contributed by atoms with Gasteiger partial charge < -0.3 is 4.74 Å². The number of rotatable bonds is 6. The fraction of sp³-hybridized carbons (Fsp3) is 0.250. The minimum Gasteiger partial charge on any atom is -0.461 e. The van der Waals surface area contributed by atoms with Crippen molar-refractivity contribution in [3.63, 3.8) is 0 Å². The second kappa shape index (κ2) is 9.13. The monoisotopic (exact) mass is 464 g/mol. The number of allylic oxidation sites excluding steroid dienone is 1. The lowest BCUT2D eigenvalue weighted by Gasteiger charge is -2.12. The molecule has 0 aromatic heterocycles. The standard InChI is InChI=1S/C28H26Cl2O2/c1-18-21(10-7-11-23(18)19-8-5-4-6-9-19)17-32-27(31)26-24(28(26,2)3)16-25(30)20-12-14-22(29)15-13-20/h4-16,24,26H,17H2,1-3H3. The van der Waals surface area contributed by atoms with Crippen molar-refractivity contribution in [1.82, 2.24) is 0 Å². The van der Waals surface area contributed by atoms with E-state index in [4.69, 9.17) is 27.9 Å². The van der Waals surface area contributed by atoms with Crippen LogP contribution < -0.4 is 0 Å². The Kier molecular flexibility index (Phi) is 6.46. The summed E-state index contributed by atoms with van der Waals surface area (Å²) in [5.74, 6) is -0.350. The van der Waals surface area contributed by atoms with E-state index < -0.39 is 0 Å². The molecule has 1 aliphatic rings. The van der Waals surface area contributed by atoms with Gasteiger partial charge in [0, 0.05) is 10.1 Å². The molecule has 0 heterocycles. The van der Waals surface area contributed by atoms with E-state index in [1.165, 1.54) is 0 Å². The highest BCUT2D eigenvalue weighted by Crippen LogP contribution is 2.60. The van der Waals surface area contributed by atoms with E-state index in [-0.39, 0.29) is 29.8 Å². The lowest BCUT2D eigenvalue weighted by molar-refractivity contribution is -0.147. The maximum atomic E-state index is 12.9. The van der Waals surface area contributed by atoms with Gasteiger partial charge in [-0.2, -0.15) is 0 Å². The number of halogens is 2. The van der Waals surface area contributed by atoms with Crippen LogP contribution in [0.25, 0.3) is 16.2 Å². The predicted octanol–water partition coefficient (Wildman–Crippen LogP) is 7.91. The van der Waals surface area contributed by atoms with Crippen LogP contribution in [0.2, 0.25) is 5.02 Å². The summed E-state index contributed by atoms with van der Waals surface area (Å²) in [7, 11) is 0. The molecule has 2 unspecified atom stereocenters. The molecule has 2 atom stereocenters. The van der Waals surface area contributed by atoms with E-state index in [1.54, 1.807) is 0 Å². The van der Waals surface area contributed by atoms with E-state index in [9.17, 15) is 4.79 Å². The third-order valence-electron chi connectivity index (χ3n) is 6.51. The Hall–Kier alpha value is -2.55. The van der Waals surface area contributed by atoms with Crippen LogP contribution >= 0.6 is 23.2 Å². The fourth-order valence-corrected chi connectivity index (χ4v) is 4.70.